The van der Waals surface area contributed by atoms with Crippen LogP contribution >= 0.6 is 11.8 Å². The van der Waals surface area contributed by atoms with Gasteiger partial charge in [0.2, 0.25) is 0 Å². The highest BCUT2D eigenvalue weighted by Crippen LogP contribution is 2.16. The molecule has 2 aromatic heterocycles. The summed E-state index contributed by atoms with van der Waals surface area (Å²) in [5.74, 6) is 1.16. The van der Waals surface area contributed by atoms with Crippen LogP contribution in [0.1, 0.15) is 29.1 Å². The molecule has 0 aliphatic carbocycles. The third-order valence-electron chi connectivity index (χ3n) is 2.67. The van der Waals surface area contributed by atoms with Crippen LogP contribution < -0.4 is 5.32 Å². The lowest BCUT2D eigenvalue weighted by molar-refractivity contribution is 0.0907. The normalized spacial score (nSPS) is 12.1. The Kier molecular flexibility index (Phi) is 5.20. The summed E-state index contributed by atoms with van der Waals surface area (Å²) in [6.45, 7) is 1.82. The maximum atomic E-state index is 12.1. The van der Waals surface area contributed by atoms with Crippen LogP contribution in [0.25, 0.3) is 0 Å². The Morgan fingerprint density at radius 1 is 1.50 bits per heavy atom. The zero-order valence-electron chi connectivity index (χ0n) is 11.1. The van der Waals surface area contributed by atoms with Gasteiger partial charge in [-0.3, -0.25) is 4.79 Å². The SMILES string of the molecule is CCSc1ccc(C(=O)NC(CO)c2ccco2)cn1. The summed E-state index contributed by atoms with van der Waals surface area (Å²) in [5, 5.41) is 12.9. The summed E-state index contributed by atoms with van der Waals surface area (Å²) in [7, 11) is 0. The second-order valence-corrected chi connectivity index (χ2v) is 5.33. The number of thioether (sulfide) groups is 1. The van der Waals surface area contributed by atoms with E-state index in [2.05, 4.69) is 10.3 Å². The summed E-state index contributed by atoms with van der Waals surface area (Å²) >= 11 is 1.61. The molecule has 1 unspecified atom stereocenters. The maximum absolute atomic E-state index is 12.1. The Balaban J connectivity index is 2.03. The highest BCUT2D eigenvalue weighted by molar-refractivity contribution is 7.99. The molecule has 0 aromatic carbocycles. The molecule has 2 rings (SSSR count). The molecule has 6 heteroatoms. The summed E-state index contributed by atoms with van der Waals surface area (Å²) in [5.41, 5.74) is 0.454. The van der Waals surface area contributed by atoms with Crippen molar-refractivity contribution < 1.29 is 14.3 Å². The Morgan fingerprint density at radius 3 is 2.90 bits per heavy atom. The number of carbonyl (C=O) groups is 1. The lowest BCUT2D eigenvalue weighted by atomic mass is 10.2. The van der Waals surface area contributed by atoms with E-state index in [1.165, 1.54) is 12.5 Å². The number of aliphatic hydroxyl groups excluding tert-OH is 1. The first-order valence-corrected chi connectivity index (χ1v) is 7.27. The number of nitrogens with one attached hydrogen (secondary N) is 1. The number of carbonyl (C=O) groups excluding carboxylic acids is 1. The van der Waals surface area contributed by atoms with Crippen molar-refractivity contribution in [3.05, 3.63) is 48.0 Å². The van der Waals surface area contributed by atoms with Crippen molar-refractivity contribution in [1.82, 2.24) is 10.3 Å². The molecule has 2 N–H and O–H groups in total. The molecule has 1 atom stereocenters. The maximum Gasteiger partial charge on any atom is 0.253 e. The fourth-order valence-electron chi connectivity index (χ4n) is 1.69. The number of amides is 1. The van der Waals surface area contributed by atoms with Crippen LogP contribution in [0.4, 0.5) is 0 Å². The number of rotatable bonds is 6. The highest BCUT2D eigenvalue weighted by atomic mass is 32.2. The van der Waals surface area contributed by atoms with Gasteiger partial charge in [0.1, 0.15) is 11.8 Å². The molecule has 0 saturated heterocycles. The summed E-state index contributed by atoms with van der Waals surface area (Å²) in [6.07, 6.45) is 3.03. The van der Waals surface area contributed by atoms with Crippen LogP contribution in [0.3, 0.4) is 0 Å². The number of furan rings is 1. The quantitative estimate of drug-likeness (QED) is 0.799. The molecule has 0 radical (unpaired) electrons. The second kappa shape index (κ2) is 7.12. The van der Waals surface area contributed by atoms with E-state index >= 15 is 0 Å². The van der Waals surface area contributed by atoms with Crippen LogP contribution in [-0.2, 0) is 0 Å². The fourth-order valence-corrected chi connectivity index (χ4v) is 2.27. The van der Waals surface area contributed by atoms with Crippen LogP contribution in [0.5, 0.6) is 0 Å². The third-order valence-corrected chi connectivity index (χ3v) is 3.49. The van der Waals surface area contributed by atoms with Crippen LogP contribution in [0.2, 0.25) is 0 Å². The molecular weight excluding hydrogens is 276 g/mol. The van der Waals surface area contributed by atoms with Gasteiger partial charge in [-0.25, -0.2) is 4.98 Å². The van der Waals surface area contributed by atoms with Crippen molar-refractivity contribution in [2.75, 3.05) is 12.4 Å². The van der Waals surface area contributed by atoms with E-state index in [0.29, 0.717) is 11.3 Å². The minimum absolute atomic E-state index is 0.226. The van der Waals surface area contributed by atoms with Gasteiger partial charge < -0.3 is 14.8 Å². The molecule has 20 heavy (non-hydrogen) atoms. The van der Waals surface area contributed by atoms with Gasteiger partial charge in [-0.05, 0) is 30.0 Å². The van der Waals surface area contributed by atoms with Gasteiger partial charge in [0.05, 0.1) is 23.5 Å². The lowest BCUT2D eigenvalue weighted by Crippen LogP contribution is -2.30. The Morgan fingerprint density at radius 2 is 2.35 bits per heavy atom. The number of pyridine rings is 1. The molecule has 5 nitrogen and oxygen atoms in total. The van der Waals surface area contributed by atoms with Gasteiger partial charge in [0.25, 0.3) is 5.91 Å². The summed E-state index contributed by atoms with van der Waals surface area (Å²) < 4.78 is 5.18. The van der Waals surface area contributed by atoms with E-state index in [9.17, 15) is 9.90 Å². The molecule has 2 heterocycles. The first-order valence-electron chi connectivity index (χ1n) is 6.28. The lowest BCUT2D eigenvalue weighted by Gasteiger charge is -2.13. The molecular formula is C14H16N2O3S. The first-order chi connectivity index (χ1) is 9.74. The van der Waals surface area contributed by atoms with Crippen molar-refractivity contribution in [2.45, 2.75) is 18.0 Å². The molecule has 0 aliphatic rings. The molecule has 0 saturated carbocycles. The fraction of sp³-hybridized carbons (Fsp3) is 0.286. The van der Waals surface area contributed by atoms with Gasteiger partial charge in [-0.1, -0.05) is 6.92 Å². The average molecular weight is 292 g/mol. The van der Waals surface area contributed by atoms with Crippen LogP contribution in [0, 0.1) is 0 Å². The standard InChI is InChI=1S/C14H16N2O3S/c1-2-20-13-6-5-10(8-15-13)14(18)16-11(9-17)12-4-3-7-19-12/h3-8,11,17H,2,9H2,1H3,(H,16,18). The predicted octanol–water partition coefficient (Wildman–Crippen LogP) is 2.25. The number of aliphatic hydroxyl groups is 1. The number of hydrogen-bond acceptors (Lipinski definition) is 5. The molecule has 106 valence electrons. The second-order valence-electron chi connectivity index (χ2n) is 4.04. The van der Waals surface area contributed by atoms with Gasteiger partial charge in [0, 0.05) is 6.20 Å². The molecule has 1 amide bonds. The van der Waals surface area contributed by atoms with Gasteiger partial charge in [0.15, 0.2) is 0 Å². The monoisotopic (exact) mass is 292 g/mol. The third kappa shape index (κ3) is 3.61. The van der Waals surface area contributed by atoms with Crippen molar-refractivity contribution in [3.63, 3.8) is 0 Å². The van der Waals surface area contributed by atoms with Crippen molar-refractivity contribution >= 4 is 17.7 Å². The highest BCUT2D eigenvalue weighted by Gasteiger charge is 2.17. The van der Waals surface area contributed by atoms with Gasteiger partial charge in [-0.15, -0.1) is 11.8 Å². The van der Waals surface area contributed by atoms with Crippen molar-refractivity contribution in [1.29, 1.82) is 0 Å². The smallest absolute Gasteiger partial charge is 0.253 e. The van der Waals surface area contributed by atoms with E-state index in [1.54, 1.807) is 30.0 Å². The zero-order chi connectivity index (χ0) is 14.4. The molecule has 2 aromatic rings. The predicted molar refractivity (Wildman–Crippen MR) is 76.6 cm³/mol. The summed E-state index contributed by atoms with van der Waals surface area (Å²) in [4.78, 5) is 16.3. The Hall–Kier alpha value is -1.79. The molecule has 0 spiro atoms. The number of aromatic nitrogens is 1. The minimum Gasteiger partial charge on any atom is -0.467 e. The van der Waals surface area contributed by atoms with Crippen molar-refractivity contribution in [3.8, 4) is 0 Å². The largest absolute Gasteiger partial charge is 0.467 e. The van der Waals surface area contributed by atoms with Crippen molar-refractivity contribution in [2.24, 2.45) is 0 Å². The van der Waals surface area contributed by atoms with Gasteiger partial charge >= 0.3 is 0 Å². The first kappa shape index (κ1) is 14.6. The number of nitrogens with zero attached hydrogens (tertiary/aromatic N) is 1. The number of hydrogen-bond donors (Lipinski definition) is 2. The van der Waals surface area contributed by atoms with Crippen LogP contribution in [0.15, 0.2) is 46.2 Å². The summed E-state index contributed by atoms with van der Waals surface area (Å²) in [6, 6.07) is 6.39. The van der Waals surface area contributed by atoms with E-state index in [4.69, 9.17) is 4.42 Å². The Bertz CT molecular complexity index is 540. The average Bonchev–Trinajstić information content (AvgIpc) is 2.99. The molecule has 0 fully saturated rings. The van der Waals surface area contributed by atoms with E-state index in [-0.39, 0.29) is 12.5 Å². The van der Waals surface area contributed by atoms with E-state index in [0.717, 1.165) is 10.8 Å². The topological polar surface area (TPSA) is 75.4 Å². The van der Waals surface area contributed by atoms with Gasteiger partial charge in [-0.2, -0.15) is 0 Å². The van der Waals surface area contributed by atoms with E-state index < -0.39 is 6.04 Å². The minimum atomic E-state index is -0.554. The van der Waals surface area contributed by atoms with Crippen LogP contribution in [-0.4, -0.2) is 28.4 Å². The zero-order valence-corrected chi connectivity index (χ0v) is 11.9. The van der Waals surface area contributed by atoms with E-state index in [1.807, 2.05) is 13.0 Å². The molecule has 0 aliphatic heterocycles. The molecule has 0 bridgehead atoms. The Labute approximate surface area is 121 Å².